The fraction of sp³-hybridized carbons (Fsp3) is 0.105. The van der Waals surface area contributed by atoms with Crippen molar-refractivity contribution in [3.8, 4) is 0 Å². The van der Waals surface area contributed by atoms with Crippen LogP contribution in [0.25, 0.3) is 0 Å². The fourth-order valence-electron chi connectivity index (χ4n) is 2.32. The Kier molecular flexibility index (Phi) is 5.83. The average molecular weight is 388 g/mol. The van der Waals surface area contributed by atoms with Crippen molar-refractivity contribution in [1.29, 1.82) is 0 Å². The molecule has 0 saturated heterocycles. The van der Waals surface area contributed by atoms with Crippen LogP contribution in [0.2, 0.25) is 5.02 Å². The second-order valence-electron chi connectivity index (χ2n) is 5.66. The van der Waals surface area contributed by atoms with Crippen molar-refractivity contribution < 1.29 is 18.7 Å². The molecule has 0 aliphatic rings. The number of carbonyl (C=O) groups is 2. The summed E-state index contributed by atoms with van der Waals surface area (Å²) in [6, 6.07) is 13.4. The fourth-order valence-corrected chi connectivity index (χ4v) is 2.49. The number of hydrogen-bond acceptors (Lipinski definition) is 4. The van der Waals surface area contributed by atoms with Gasteiger partial charge in [-0.15, -0.1) is 0 Å². The van der Waals surface area contributed by atoms with E-state index in [1.807, 2.05) is 30.3 Å². The minimum Gasteiger partial charge on any atom is -0.452 e. The van der Waals surface area contributed by atoms with Gasteiger partial charge >= 0.3 is 5.97 Å². The zero-order chi connectivity index (χ0) is 19.2. The van der Waals surface area contributed by atoms with Crippen LogP contribution in [0, 0.1) is 5.82 Å². The number of nitrogens with zero attached hydrogens (tertiary/aromatic N) is 2. The SMILES string of the molecule is O=C(COC(=O)c1cnn(Cc2ccccc2)c1)Nc1cc(Cl)ccc1F. The summed E-state index contributed by atoms with van der Waals surface area (Å²) in [5.41, 5.74) is 1.16. The van der Waals surface area contributed by atoms with Crippen molar-refractivity contribution in [2.24, 2.45) is 0 Å². The summed E-state index contributed by atoms with van der Waals surface area (Å²) in [6.07, 6.45) is 2.89. The highest BCUT2D eigenvalue weighted by Crippen LogP contribution is 2.19. The van der Waals surface area contributed by atoms with Crippen LogP contribution < -0.4 is 5.32 Å². The number of esters is 1. The molecular weight excluding hydrogens is 373 g/mol. The largest absolute Gasteiger partial charge is 0.452 e. The molecule has 0 unspecified atom stereocenters. The molecule has 0 spiro atoms. The molecule has 1 heterocycles. The van der Waals surface area contributed by atoms with Crippen molar-refractivity contribution in [2.45, 2.75) is 6.54 Å². The molecule has 1 amide bonds. The van der Waals surface area contributed by atoms with E-state index >= 15 is 0 Å². The van der Waals surface area contributed by atoms with Gasteiger partial charge in [-0.3, -0.25) is 9.48 Å². The molecule has 3 rings (SSSR count). The van der Waals surface area contributed by atoms with Crippen LogP contribution in [0.15, 0.2) is 60.9 Å². The molecule has 0 atom stereocenters. The molecule has 0 saturated carbocycles. The third kappa shape index (κ3) is 5.15. The molecule has 8 heteroatoms. The first-order valence-corrected chi connectivity index (χ1v) is 8.37. The number of benzene rings is 2. The number of nitrogens with one attached hydrogen (secondary N) is 1. The predicted molar refractivity (Wildman–Crippen MR) is 98.1 cm³/mol. The first kappa shape index (κ1) is 18.6. The molecule has 0 aliphatic carbocycles. The number of amides is 1. The Labute approximate surface area is 159 Å². The molecule has 1 N–H and O–H groups in total. The van der Waals surface area contributed by atoms with Crippen LogP contribution in [0.4, 0.5) is 10.1 Å². The number of halogens is 2. The maximum atomic E-state index is 13.6. The Morgan fingerprint density at radius 1 is 1.19 bits per heavy atom. The number of aromatic nitrogens is 2. The van der Waals surface area contributed by atoms with Crippen molar-refractivity contribution >= 4 is 29.2 Å². The van der Waals surface area contributed by atoms with Gasteiger partial charge in [0, 0.05) is 11.2 Å². The Bertz CT molecular complexity index is 960. The van der Waals surface area contributed by atoms with E-state index in [1.165, 1.54) is 24.5 Å². The Morgan fingerprint density at radius 3 is 2.74 bits per heavy atom. The van der Waals surface area contributed by atoms with Crippen LogP contribution in [0.5, 0.6) is 0 Å². The van der Waals surface area contributed by atoms with Crippen molar-refractivity contribution in [2.75, 3.05) is 11.9 Å². The van der Waals surface area contributed by atoms with Gasteiger partial charge < -0.3 is 10.1 Å². The molecule has 0 aliphatic heterocycles. The summed E-state index contributed by atoms with van der Waals surface area (Å²) in [5.74, 6) is -2.02. The molecule has 27 heavy (non-hydrogen) atoms. The molecule has 0 radical (unpaired) electrons. The summed E-state index contributed by atoms with van der Waals surface area (Å²) < 4.78 is 20.1. The van der Waals surface area contributed by atoms with Gasteiger partial charge in [-0.25, -0.2) is 9.18 Å². The molecule has 0 fully saturated rings. The van der Waals surface area contributed by atoms with E-state index in [4.69, 9.17) is 16.3 Å². The van der Waals surface area contributed by atoms with E-state index in [-0.39, 0.29) is 16.3 Å². The van der Waals surface area contributed by atoms with Crippen molar-refractivity contribution in [1.82, 2.24) is 9.78 Å². The second-order valence-corrected chi connectivity index (χ2v) is 6.10. The zero-order valence-corrected chi connectivity index (χ0v) is 14.8. The molecule has 3 aromatic rings. The van der Waals surface area contributed by atoms with E-state index < -0.39 is 24.3 Å². The van der Waals surface area contributed by atoms with Crippen LogP contribution >= 0.6 is 11.6 Å². The van der Waals surface area contributed by atoms with Gasteiger partial charge in [0.05, 0.1) is 24.0 Å². The van der Waals surface area contributed by atoms with Crippen LogP contribution in [0.3, 0.4) is 0 Å². The summed E-state index contributed by atoms with van der Waals surface area (Å²) in [6.45, 7) is -0.0582. The van der Waals surface area contributed by atoms with Crippen LogP contribution in [-0.4, -0.2) is 28.3 Å². The lowest BCUT2D eigenvalue weighted by atomic mass is 10.2. The summed E-state index contributed by atoms with van der Waals surface area (Å²) in [5, 5.41) is 6.67. The normalized spacial score (nSPS) is 10.4. The van der Waals surface area contributed by atoms with Gasteiger partial charge in [-0.2, -0.15) is 5.10 Å². The maximum Gasteiger partial charge on any atom is 0.341 e. The third-order valence-electron chi connectivity index (χ3n) is 3.59. The lowest BCUT2D eigenvalue weighted by Gasteiger charge is -2.07. The van der Waals surface area contributed by atoms with Crippen molar-refractivity contribution in [3.63, 3.8) is 0 Å². The Morgan fingerprint density at radius 2 is 1.96 bits per heavy atom. The highest BCUT2D eigenvalue weighted by atomic mass is 35.5. The van der Waals surface area contributed by atoms with Crippen LogP contribution in [-0.2, 0) is 16.1 Å². The molecule has 6 nitrogen and oxygen atoms in total. The van der Waals surface area contributed by atoms with Crippen LogP contribution in [0.1, 0.15) is 15.9 Å². The third-order valence-corrected chi connectivity index (χ3v) is 3.83. The number of anilines is 1. The molecule has 138 valence electrons. The molecular formula is C19H15ClFN3O3. The maximum absolute atomic E-state index is 13.6. The monoisotopic (exact) mass is 387 g/mol. The van der Waals surface area contributed by atoms with Crippen molar-refractivity contribution in [3.05, 3.63) is 82.9 Å². The number of hydrogen-bond donors (Lipinski definition) is 1. The average Bonchev–Trinajstić information content (AvgIpc) is 3.12. The van der Waals surface area contributed by atoms with E-state index in [1.54, 1.807) is 4.68 Å². The standard InChI is InChI=1S/C19H15ClFN3O3/c20-15-6-7-16(21)17(8-15)23-18(25)12-27-19(26)14-9-22-24(11-14)10-13-4-2-1-3-5-13/h1-9,11H,10,12H2,(H,23,25). The molecule has 1 aromatic heterocycles. The predicted octanol–water partition coefficient (Wildman–Crippen LogP) is 3.52. The Balaban J connectivity index is 1.53. The topological polar surface area (TPSA) is 73.2 Å². The lowest BCUT2D eigenvalue weighted by molar-refractivity contribution is -0.119. The minimum atomic E-state index is -0.698. The van der Waals surface area contributed by atoms with Gasteiger partial charge in [0.1, 0.15) is 5.82 Å². The number of rotatable bonds is 6. The summed E-state index contributed by atoms with van der Waals surface area (Å²) >= 11 is 5.76. The van der Waals surface area contributed by atoms with Gasteiger partial charge in [-0.1, -0.05) is 41.9 Å². The zero-order valence-electron chi connectivity index (χ0n) is 14.1. The van der Waals surface area contributed by atoms with Gasteiger partial charge in [-0.05, 0) is 23.8 Å². The quantitative estimate of drug-likeness (QED) is 0.657. The number of carbonyl (C=O) groups excluding carboxylic acids is 2. The van der Waals surface area contributed by atoms with E-state index in [0.29, 0.717) is 6.54 Å². The van der Waals surface area contributed by atoms with E-state index in [0.717, 1.165) is 11.6 Å². The van der Waals surface area contributed by atoms with Gasteiger partial charge in [0.25, 0.3) is 5.91 Å². The first-order valence-electron chi connectivity index (χ1n) is 7.99. The second kappa shape index (κ2) is 8.46. The number of ether oxygens (including phenoxy) is 1. The highest BCUT2D eigenvalue weighted by Gasteiger charge is 2.14. The van der Waals surface area contributed by atoms with Gasteiger partial charge in [0.2, 0.25) is 0 Å². The summed E-state index contributed by atoms with van der Waals surface area (Å²) in [4.78, 5) is 23.9. The van der Waals surface area contributed by atoms with Gasteiger partial charge in [0.15, 0.2) is 6.61 Å². The Hall–Kier alpha value is -3.19. The smallest absolute Gasteiger partial charge is 0.341 e. The summed E-state index contributed by atoms with van der Waals surface area (Å²) in [7, 11) is 0. The minimum absolute atomic E-state index is 0.0840. The highest BCUT2D eigenvalue weighted by molar-refractivity contribution is 6.30. The molecule has 0 bridgehead atoms. The first-order chi connectivity index (χ1) is 13.0. The van der Waals surface area contributed by atoms with E-state index in [2.05, 4.69) is 10.4 Å². The lowest BCUT2D eigenvalue weighted by Crippen LogP contribution is -2.21. The molecule has 2 aromatic carbocycles. The van der Waals surface area contributed by atoms with E-state index in [9.17, 15) is 14.0 Å².